The maximum atomic E-state index is 13.2. The van der Waals surface area contributed by atoms with Crippen LogP contribution in [-0.4, -0.2) is 138 Å². The van der Waals surface area contributed by atoms with E-state index >= 15 is 0 Å². The topological polar surface area (TPSA) is 418 Å². The summed E-state index contributed by atoms with van der Waals surface area (Å²) >= 11 is 0. The maximum Gasteiger partial charge on any atom is 0.276 e. The van der Waals surface area contributed by atoms with Crippen LogP contribution in [0.25, 0.3) is 122 Å². The van der Waals surface area contributed by atoms with Crippen LogP contribution in [0, 0.1) is 0 Å². The largest absolute Gasteiger partial charge is 0.492 e. The summed E-state index contributed by atoms with van der Waals surface area (Å²) in [6, 6.07) is 75.9. The van der Waals surface area contributed by atoms with Crippen LogP contribution in [0.1, 0.15) is 117 Å². The number of hydrogen-bond acceptors (Lipinski definition) is 21. The molecule has 15 heterocycles. The molecule has 0 spiro atoms. The van der Waals surface area contributed by atoms with Crippen LogP contribution in [0.3, 0.4) is 0 Å². The van der Waals surface area contributed by atoms with Gasteiger partial charge in [0.2, 0.25) is 5.91 Å². The Labute approximate surface area is 803 Å². The molecule has 30 heteroatoms. The minimum Gasteiger partial charge on any atom is -0.492 e. The molecule has 0 atom stereocenters. The Bertz CT molecular complexity index is 7720. The number of hydrogen-bond donors (Lipinski definition) is 12. The molecule has 1 fully saturated rings. The van der Waals surface area contributed by atoms with Gasteiger partial charge in [-0.05, 0) is 239 Å². The Balaban J connectivity index is 0.000000114. The number of aliphatic imine (C=N–C) groups is 1. The first-order chi connectivity index (χ1) is 68.2. The lowest BCUT2D eigenvalue weighted by Gasteiger charge is -2.30. The molecule has 6 aliphatic rings. The zero-order valence-electron chi connectivity index (χ0n) is 75.1. The SMILES string of the molecule is C.NC1=Nc2cncc(c2)C(=O)NC2CCC(CC2)NCc2cncc(c2)-c2ccc3[nH]nc1c3c2.O=C1CCCc2cccc(c2)-c2cccc(c2)NC(=O)c2n[nH]c3ccc(cc23)-c2cncc(c2)N1.O=C1Nc2cccc(c2)-c2cccc(c2)OCCNc2cncc(c2)-c2ccc3[nH]nc1c3c2.O=C1Nc2cncc(c2)-c2cccc(c2)CCCOc2cncc(c2)-c2ccc3[nH]nc1c3c2. The summed E-state index contributed by atoms with van der Waals surface area (Å²) in [5, 5.41) is 54.3. The van der Waals surface area contributed by atoms with Gasteiger partial charge in [-0.15, -0.1) is 0 Å². The van der Waals surface area contributed by atoms with E-state index in [-0.39, 0.29) is 48.8 Å². The van der Waals surface area contributed by atoms with E-state index in [0.29, 0.717) is 94.4 Å². The van der Waals surface area contributed by atoms with Gasteiger partial charge in [0, 0.05) is 142 Å². The fraction of sp³-hybridized carbons (Fsp3) is 0.145. The molecule has 30 nitrogen and oxygen atoms in total. The van der Waals surface area contributed by atoms with E-state index in [1.165, 1.54) is 5.56 Å². The summed E-state index contributed by atoms with van der Waals surface area (Å²) in [6.07, 6.45) is 28.5. The summed E-state index contributed by atoms with van der Waals surface area (Å²) < 4.78 is 12.0. The number of anilines is 5. The van der Waals surface area contributed by atoms with Crippen LogP contribution in [0.4, 0.5) is 34.1 Å². The third-order valence-corrected chi connectivity index (χ3v) is 25.0. The minimum atomic E-state index is -0.302. The van der Waals surface area contributed by atoms with E-state index in [1.54, 1.807) is 61.8 Å². The Morgan fingerprint density at radius 2 is 0.714 bits per heavy atom. The zero-order chi connectivity index (χ0) is 94.1. The first-order valence-corrected chi connectivity index (χ1v) is 45.9. The van der Waals surface area contributed by atoms with Gasteiger partial charge in [-0.1, -0.05) is 117 Å². The molecule has 25 rings (SSSR count). The number of amidine groups is 1. The van der Waals surface area contributed by atoms with Crippen molar-refractivity contribution in [2.24, 2.45) is 10.7 Å². The number of benzene rings is 9. The number of ether oxygens (including phenoxy) is 2. The molecule has 5 aliphatic heterocycles. The molecule has 13 N–H and O–H groups in total. The van der Waals surface area contributed by atoms with Gasteiger partial charge in [0.15, 0.2) is 22.9 Å². The number of carbonyl (C=O) groups excluding carboxylic acids is 5. The summed E-state index contributed by atoms with van der Waals surface area (Å²) in [7, 11) is 0. The second-order valence-corrected chi connectivity index (χ2v) is 34.6. The second kappa shape index (κ2) is 40.6. The van der Waals surface area contributed by atoms with E-state index in [9.17, 15) is 24.0 Å². The number of nitrogens with one attached hydrogen (secondary N) is 11. The number of aromatic nitrogens is 14. The third kappa shape index (κ3) is 20.6. The first-order valence-electron chi connectivity index (χ1n) is 45.9. The Hall–Kier alpha value is -18.1. The van der Waals surface area contributed by atoms with Crippen molar-refractivity contribution >= 4 is 113 Å². The van der Waals surface area contributed by atoms with Gasteiger partial charge in [-0.2, -0.15) is 20.4 Å². The smallest absolute Gasteiger partial charge is 0.276 e. The predicted molar refractivity (Wildman–Crippen MR) is 546 cm³/mol. The molecular formula is C110H95N23O7. The number of pyridine rings is 6. The number of rotatable bonds is 0. The van der Waals surface area contributed by atoms with E-state index in [2.05, 4.69) is 143 Å². The van der Waals surface area contributed by atoms with Crippen LogP contribution in [0.15, 0.2) is 310 Å². The second-order valence-electron chi connectivity index (χ2n) is 34.6. The van der Waals surface area contributed by atoms with Crippen molar-refractivity contribution < 1.29 is 33.4 Å². The summed E-state index contributed by atoms with van der Waals surface area (Å²) in [5.41, 5.74) is 32.6. The molecule has 0 radical (unpaired) electrons. The number of aromatic amines is 4. The highest BCUT2D eigenvalue weighted by molar-refractivity contribution is 6.15. The lowest BCUT2D eigenvalue weighted by molar-refractivity contribution is -0.116. The highest BCUT2D eigenvalue weighted by Crippen LogP contribution is 2.37. The third-order valence-electron chi connectivity index (χ3n) is 25.0. The standard InChI is InChI=1S/C29H23N5O2.2C27H21N5O2.C26H26N8O.CH4/c35-27-9-2-5-18-4-1-6-19(12-18)20-7-3-8-23(13-20)32-29(36)28-25-15-21(10-11-26(25)33-34-28)22-14-24(31-27)17-30-16-22;33-27-26-24-12-19(6-7-25(24)31-32-26)21-11-23(16-29-14-21)34-8-2-4-17-3-1-5-18(9-17)20-10-22(30-27)15-28-13-20;33-27-26-24-14-19(7-8-25(24)31-32-26)20-12-22(16-28-15-20)29-9-10-34-23-6-2-4-18(13-23)17-3-1-5-21(11-17)30-27;27-25-24-22-9-16(1-6-23(22)33-34-24)17-7-15(10-28-12-17)11-30-19-2-4-20(5-3-19)32-26(35)18-8-21(31-25)14-29-13-18;/h1,3-4,6-8,10-17H,2,5,9H2,(H,31,35)(H,32,36)(H,33,34);1,3,5-7,9-16H,2,4,8H2,(H,30,33)(H,31,32);1-8,11-16,29H,9-10H2,(H,30,33)(H,31,32);1,6-10,12-14,19-20,30H,2-5,11H2,(H2,27,31)(H,32,35)(H,33,34);1H4. The van der Waals surface area contributed by atoms with Gasteiger partial charge >= 0.3 is 0 Å². The van der Waals surface area contributed by atoms with Crippen molar-refractivity contribution in [3.05, 3.63) is 350 Å². The Morgan fingerprint density at radius 3 is 1.29 bits per heavy atom. The molecule has 0 saturated heterocycles. The lowest BCUT2D eigenvalue weighted by atomic mass is 9.91. The van der Waals surface area contributed by atoms with E-state index in [4.69, 9.17) is 15.2 Å². The average Bonchev–Trinajstić information content (AvgIpc) is 1.65. The van der Waals surface area contributed by atoms with E-state index in [1.807, 2.05) is 213 Å². The van der Waals surface area contributed by atoms with Gasteiger partial charge < -0.3 is 52.4 Å². The summed E-state index contributed by atoms with van der Waals surface area (Å²) in [4.78, 5) is 95.6. The van der Waals surface area contributed by atoms with Gasteiger partial charge in [0.1, 0.15) is 23.8 Å². The number of nitrogens with zero attached hydrogens (tertiary/aromatic N) is 11. The summed E-state index contributed by atoms with van der Waals surface area (Å²) in [6.45, 7) is 2.48. The minimum absolute atomic E-state index is 0. The number of fused-ring (bicyclic) bond motifs is 31. The Kier molecular flexibility index (Phi) is 26.1. The number of aryl methyl sites for hydroxylation is 2. The maximum absolute atomic E-state index is 13.2. The average molecular weight is 1850 g/mol. The molecular weight excluding hydrogens is 1760 g/mol. The van der Waals surface area contributed by atoms with E-state index < -0.39 is 0 Å². The van der Waals surface area contributed by atoms with E-state index in [0.717, 1.165) is 202 Å². The normalized spacial score (nSPS) is 15.1. The van der Waals surface area contributed by atoms with Crippen molar-refractivity contribution in [3.63, 3.8) is 0 Å². The lowest BCUT2D eigenvalue weighted by Crippen LogP contribution is -2.42. The van der Waals surface area contributed by atoms with Crippen LogP contribution in [0.2, 0.25) is 0 Å². The number of H-pyrrole nitrogens is 4. The van der Waals surface area contributed by atoms with Crippen molar-refractivity contribution in [1.29, 1.82) is 0 Å². The van der Waals surface area contributed by atoms with Crippen LogP contribution >= 0.6 is 0 Å². The first kappa shape index (κ1) is 89.8. The quantitative estimate of drug-likeness (QED) is 0.0671. The molecule has 140 heavy (non-hydrogen) atoms. The van der Waals surface area contributed by atoms with Gasteiger partial charge in [-0.3, -0.25) is 74.3 Å². The number of nitrogens with two attached hydrogens (primary N) is 1. The van der Waals surface area contributed by atoms with Gasteiger partial charge in [-0.25, -0.2) is 4.99 Å². The molecule has 5 amide bonds. The number of amides is 5. The Morgan fingerprint density at radius 1 is 0.307 bits per heavy atom. The molecule has 1 aliphatic carbocycles. The van der Waals surface area contributed by atoms with Crippen molar-refractivity contribution in [2.45, 2.75) is 83.8 Å². The molecule has 692 valence electrons. The van der Waals surface area contributed by atoms with Crippen molar-refractivity contribution in [3.8, 4) is 89.4 Å². The molecule has 9 aromatic carbocycles. The number of carbonyl (C=O) groups is 5. The van der Waals surface area contributed by atoms with Crippen molar-refractivity contribution in [2.75, 3.05) is 46.3 Å². The zero-order valence-corrected chi connectivity index (χ0v) is 75.1. The molecule has 0 unspecified atom stereocenters. The summed E-state index contributed by atoms with van der Waals surface area (Å²) in [5.74, 6) is 0.695. The highest BCUT2D eigenvalue weighted by Gasteiger charge is 2.26. The fourth-order valence-electron chi connectivity index (χ4n) is 17.9. The predicted octanol–water partition coefficient (Wildman–Crippen LogP) is 20.3. The highest BCUT2D eigenvalue weighted by atomic mass is 16.5. The molecule has 1 saturated carbocycles. The van der Waals surface area contributed by atoms with Crippen LogP contribution in [-0.2, 0) is 24.2 Å². The monoisotopic (exact) mass is 1850 g/mol. The van der Waals surface area contributed by atoms with Crippen LogP contribution in [0.5, 0.6) is 11.5 Å². The van der Waals surface area contributed by atoms with Crippen molar-refractivity contribution in [1.82, 2.24) is 81.3 Å². The van der Waals surface area contributed by atoms with Gasteiger partial charge in [0.25, 0.3) is 23.6 Å². The molecule has 19 aromatic rings. The fourth-order valence-corrected chi connectivity index (χ4v) is 17.9. The van der Waals surface area contributed by atoms with Gasteiger partial charge in [0.05, 0.1) is 81.8 Å². The molecule has 10 aromatic heterocycles. The van der Waals surface area contributed by atoms with Crippen LogP contribution < -0.4 is 52.4 Å². The molecule has 32 bridgehead atoms.